The third kappa shape index (κ3) is 4.67. The number of aromatic amines is 1. The predicted octanol–water partition coefficient (Wildman–Crippen LogP) is 0.979. The summed E-state index contributed by atoms with van der Waals surface area (Å²) in [4.78, 5) is 33.8. The standard InChI is InChI=1S/C18H28N4O3/c1-25-10-6-17(24)22-8-4-13(5-9-22)18-20-15(11-16(23)21-18)14-3-2-7-19-12-14/h11,13-14,19H,2-10,12H2,1H3,(H,20,21,23). The van der Waals surface area contributed by atoms with Gasteiger partial charge in [0.1, 0.15) is 5.82 Å². The van der Waals surface area contributed by atoms with Crippen molar-refractivity contribution in [2.45, 2.75) is 43.9 Å². The second kappa shape index (κ2) is 8.58. The van der Waals surface area contributed by atoms with Crippen LogP contribution in [-0.4, -0.2) is 60.7 Å². The number of rotatable bonds is 5. The Morgan fingerprint density at radius 3 is 2.80 bits per heavy atom. The highest BCUT2D eigenvalue weighted by Gasteiger charge is 2.26. The number of nitrogens with zero attached hydrogens (tertiary/aromatic N) is 2. The molecule has 2 aliphatic heterocycles. The molecule has 7 nitrogen and oxygen atoms in total. The van der Waals surface area contributed by atoms with Gasteiger partial charge in [0.2, 0.25) is 5.91 Å². The molecule has 1 amide bonds. The first-order valence-electron chi connectivity index (χ1n) is 9.26. The summed E-state index contributed by atoms with van der Waals surface area (Å²) in [5.74, 6) is 1.47. The van der Waals surface area contributed by atoms with Crippen molar-refractivity contribution >= 4 is 5.91 Å². The van der Waals surface area contributed by atoms with Crippen molar-refractivity contribution in [3.63, 3.8) is 0 Å². The molecule has 25 heavy (non-hydrogen) atoms. The number of likely N-dealkylation sites (tertiary alicyclic amines) is 1. The molecule has 2 saturated heterocycles. The van der Waals surface area contributed by atoms with Crippen LogP contribution >= 0.6 is 0 Å². The van der Waals surface area contributed by atoms with E-state index in [-0.39, 0.29) is 17.4 Å². The topological polar surface area (TPSA) is 87.3 Å². The number of amides is 1. The summed E-state index contributed by atoms with van der Waals surface area (Å²) in [6, 6.07) is 1.64. The number of hydrogen-bond donors (Lipinski definition) is 2. The number of aromatic nitrogens is 2. The van der Waals surface area contributed by atoms with E-state index in [2.05, 4.69) is 10.3 Å². The Morgan fingerprint density at radius 2 is 2.12 bits per heavy atom. The lowest BCUT2D eigenvalue weighted by molar-refractivity contribution is -0.133. The summed E-state index contributed by atoms with van der Waals surface area (Å²) in [6.45, 7) is 3.83. The minimum Gasteiger partial charge on any atom is -0.384 e. The zero-order chi connectivity index (χ0) is 17.6. The Kier molecular flexibility index (Phi) is 6.20. The van der Waals surface area contributed by atoms with Gasteiger partial charge in [-0.2, -0.15) is 0 Å². The summed E-state index contributed by atoms with van der Waals surface area (Å²) in [5.41, 5.74) is 0.841. The van der Waals surface area contributed by atoms with E-state index in [1.54, 1.807) is 13.2 Å². The van der Waals surface area contributed by atoms with Crippen LogP contribution in [0, 0.1) is 0 Å². The van der Waals surface area contributed by atoms with Gasteiger partial charge < -0.3 is 19.9 Å². The maximum absolute atomic E-state index is 12.1. The van der Waals surface area contributed by atoms with E-state index in [1.165, 1.54) is 0 Å². The SMILES string of the molecule is COCCC(=O)N1CCC(c2nc(C3CCCNC3)cc(=O)[nH]2)CC1. The molecule has 1 atom stereocenters. The molecule has 2 N–H and O–H groups in total. The van der Waals surface area contributed by atoms with Crippen molar-refractivity contribution in [1.82, 2.24) is 20.2 Å². The molecular weight excluding hydrogens is 320 g/mol. The average Bonchev–Trinajstić information content (AvgIpc) is 2.66. The first-order chi connectivity index (χ1) is 12.2. The lowest BCUT2D eigenvalue weighted by Gasteiger charge is -2.32. The number of carbonyl (C=O) groups is 1. The number of carbonyl (C=O) groups excluding carboxylic acids is 1. The molecule has 0 bridgehead atoms. The summed E-state index contributed by atoms with van der Waals surface area (Å²) in [5, 5.41) is 3.38. The van der Waals surface area contributed by atoms with Gasteiger partial charge in [-0.1, -0.05) is 0 Å². The maximum Gasteiger partial charge on any atom is 0.251 e. The summed E-state index contributed by atoms with van der Waals surface area (Å²) >= 11 is 0. The van der Waals surface area contributed by atoms with Crippen LogP contribution in [0.1, 0.15) is 55.5 Å². The first-order valence-corrected chi connectivity index (χ1v) is 9.26. The summed E-state index contributed by atoms with van der Waals surface area (Å²) in [7, 11) is 1.61. The van der Waals surface area contributed by atoms with Gasteiger partial charge in [-0.3, -0.25) is 9.59 Å². The molecule has 0 aromatic carbocycles. The van der Waals surface area contributed by atoms with Crippen LogP contribution in [-0.2, 0) is 9.53 Å². The zero-order valence-electron chi connectivity index (χ0n) is 14.9. The second-order valence-electron chi connectivity index (χ2n) is 7.00. The highest BCUT2D eigenvalue weighted by atomic mass is 16.5. The van der Waals surface area contributed by atoms with Gasteiger partial charge in [-0.15, -0.1) is 0 Å². The van der Waals surface area contributed by atoms with Crippen molar-refractivity contribution in [3.05, 3.63) is 27.9 Å². The molecule has 2 aliphatic rings. The van der Waals surface area contributed by atoms with Crippen molar-refractivity contribution in [3.8, 4) is 0 Å². The molecule has 0 aliphatic carbocycles. The zero-order valence-corrected chi connectivity index (χ0v) is 14.9. The number of hydrogen-bond acceptors (Lipinski definition) is 5. The number of ether oxygens (including phenoxy) is 1. The highest BCUT2D eigenvalue weighted by Crippen LogP contribution is 2.27. The van der Waals surface area contributed by atoms with Gasteiger partial charge in [0.05, 0.1) is 18.7 Å². The third-order valence-corrected chi connectivity index (χ3v) is 5.25. The second-order valence-corrected chi connectivity index (χ2v) is 7.00. The van der Waals surface area contributed by atoms with Gasteiger partial charge in [0.25, 0.3) is 5.56 Å². The van der Waals surface area contributed by atoms with Crippen LogP contribution in [0.3, 0.4) is 0 Å². The Balaban J connectivity index is 1.64. The van der Waals surface area contributed by atoms with Crippen LogP contribution in [0.4, 0.5) is 0 Å². The third-order valence-electron chi connectivity index (χ3n) is 5.25. The monoisotopic (exact) mass is 348 g/mol. The smallest absolute Gasteiger partial charge is 0.251 e. The van der Waals surface area contributed by atoms with Crippen LogP contribution in [0.15, 0.2) is 10.9 Å². The van der Waals surface area contributed by atoms with Crippen molar-refractivity contribution in [2.75, 3.05) is 39.9 Å². The van der Waals surface area contributed by atoms with Crippen LogP contribution in [0.25, 0.3) is 0 Å². The lowest BCUT2D eigenvalue weighted by atomic mass is 9.93. The number of H-pyrrole nitrogens is 1. The molecular formula is C18H28N4O3. The predicted molar refractivity (Wildman–Crippen MR) is 94.8 cm³/mol. The fourth-order valence-corrected chi connectivity index (χ4v) is 3.75. The Labute approximate surface area is 148 Å². The molecule has 3 heterocycles. The Morgan fingerprint density at radius 1 is 1.32 bits per heavy atom. The molecule has 7 heteroatoms. The Bertz CT molecular complexity index is 631. The summed E-state index contributed by atoms with van der Waals surface area (Å²) in [6.07, 6.45) is 4.31. The lowest BCUT2D eigenvalue weighted by Crippen LogP contribution is -2.39. The number of methoxy groups -OCH3 is 1. The minimum absolute atomic E-state index is 0.0656. The van der Waals surface area contributed by atoms with Crippen LogP contribution in [0.2, 0.25) is 0 Å². The van der Waals surface area contributed by atoms with E-state index in [0.717, 1.165) is 50.3 Å². The molecule has 0 radical (unpaired) electrons. The fraction of sp³-hybridized carbons (Fsp3) is 0.722. The molecule has 1 aromatic heterocycles. The van der Waals surface area contributed by atoms with E-state index in [1.807, 2.05) is 4.90 Å². The normalized spacial score (nSPS) is 22.1. The van der Waals surface area contributed by atoms with Gasteiger partial charge in [0.15, 0.2) is 0 Å². The quantitative estimate of drug-likeness (QED) is 0.828. The van der Waals surface area contributed by atoms with E-state index in [0.29, 0.717) is 32.0 Å². The molecule has 0 spiro atoms. The average molecular weight is 348 g/mol. The highest BCUT2D eigenvalue weighted by molar-refractivity contribution is 5.76. The Hall–Kier alpha value is -1.73. The van der Waals surface area contributed by atoms with E-state index in [4.69, 9.17) is 9.72 Å². The summed E-state index contributed by atoms with van der Waals surface area (Å²) < 4.78 is 4.98. The van der Waals surface area contributed by atoms with Gasteiger partial charge in [0, 0.05) is 44.6 Å². The minimum atomic E-state index is -0.0656. The van der Waals surface area contributed by atoms with Crippen molar-refractivity contribution in [2.24, 2.45) is 0 Å². The number of piperidine rings is 2. The first kappa shape index (κ1) is 18.1. The van der Waals surface area contributed by atoms with Crippen molar-refractivity contribution < 1.29 is 9.53 Å². The largest absolute Gasteiger partial charge is 0.384 e. The molecule has 138 valence electrons. The van der Waals surface area contributed by atoms with Gasteiger partial charge in [-0.25, -0.2) is 4.98 Å². The molecule has 2 fully saturated rings. The fourth-order valence-electron chi connectivity index (χ4n) is 3.75. The molecule has 1 aromatic rings. The van der Waals surface area contributed by atoms with E-state index in [9.17, 15) is 9.59 Å². The number of nitrogens with one attached hydrogen (secondary N) is 2. The maximum atomic E-state index is 12.1. The van der Waals surface area contributed by atoms with Crippen LogP contribution < -0.4 is 10.9 Å². The molecule has 1 unspecified atom stereocenters. The van der Waals surface area contributed by atoms with Crippen LogP contribution in [0.5, 0.6) is 0 Å². The van der Waals surface area contributed by atoms with Crippen molar-refractivity contribution in [1.29, 1.82) is 0 Å². The van der Waals surface area contributed by atoms with E-state index >= 15 is 0 Å². The molecule has 3 rings (SSSR count). The van der Waals surface area contributed by atoms with Gasteiger partial charge in [-0.05, 0) is 32.2 Å². The van der Waals surface area contributed by atoms with E-state index < -0.39 is 0 Å². The van der Waals surface area contributed by atoms with Gasteiger partial charge >= 0.3 is 0 Å². The molecule has 0 saturated carbocycles.